The van der Waals surface area contributed by atoms with Gasteiger partial charge in [-0.1, -0.05) is 103 Å². The molecule has 2 bridgehead atoms. The SMILES string of the molecule is c1ccc2c(c1)-c1cc(N(c3ccc(-c4ccc5oc6ccccc6c5c4)cc3)c3cccc4ccccc34)ccc1C1CC3CC4CC2CC431. The van der Waals surface area contributed by atoms with Gasteiger partial charge in [-0.3, -0.25) is 0 Å². The topological polar surface area (TPSA) is 16.4 Å². The third-order valence-electron chi connectivity index (χ3n) is 13.6. The maximum atomic E-state index is 6.13. The zero-order valence-corrected chi connectivity index (χ0v) is 28.4. The van der Waals surface area contributed by atoms with Crippen molar-refractivity contribution in [3.05, 3.63) is 163 Å². The van der Waals surface area contributed by atoms with Crippen molar-refractivity contribution in [2.45, 2.75) is 37.5 Å². The summed E-state index contributed by atoms with van der Waals surface area (Å²) in [5.74, 6) is 3.23. The van der Waals surface area contributed by atoms with Gasteiger partial charge < -0.3 is 9.32 Å². The van der Waals surface area contributed by atoms with Crippen LogP contribution in [0.1, 0.15) is 48.6 Å². The molecule has 5 atom stereocenters. The highest BCUT2D eigenvalue weighted by Gasteiger charge is 2.70. The van der Waals surface area contributed by atoms with Crippen LogP contribution in [0.15, 0.2) is 156 Å². The number of hydrogen-bond acceptors (Lipinski definition) is 2. The molecule has 0 N–H and O–H groups in total. The zero-order valence-electron chi connectivity index (χ0n) is 28.4. The van der Waals surface area contributed by atoms with Crippen molar-refractivity contribution in [1.82, 2.24) is 0 Å². The molecule has 0 radical (unpaired) electrons. The molecule has 2 nitrogen and oxygen atoms in total. The van der Waals surface area contributed by atoms with Gasteiger partial charge in [0.2, 0.25) is 0 Å². The molecule has 244 valence electrons. The molecule has 1 aromatic heterocycles. The summed E-state index contributed by atoms with van der Waals surface area (Å²) in [6.07, 6.45) is 5.60. The van der Waals surface area contributed by atoms with Gasteiger partial charge in [0, 0.05) is 27.5 Å². The van der Waals surface area contributed by atoms with E-state index in [9.17, 15) is 0 Å². The lowest BCUT2D eigenvalue weighted by atomic mass is 9.37. The van der Waals surface area contributed by atoms with Gasteiger partial charge in [0.05, 0.1) is 5.69 Å². The van der Waals surface area contributed by atoms with Gasteiger partial charge in [-0.15, -0.1) is 0 Å². The summed E-state index contributed by atoms with van der Waals surface area (Å²) >= 11 is 0. The Morgan fingerprint density at radius 3 is 2.18 bits per heavy atom. The van der Waals surface area contributed by atoms with Crippen LogP contribution in [-0.4, -0.2) is 0 Å². The van der Waals surface area contributed by atoms with Gasteiger partial charge in [0.25, 0.3) is 0 Å². The lowest BCUT2D eigenvalue weighted by Gasteiger charge is -2.67. The Balaban J connectivity index is 1.02. The van der Waals surface area contributed by atoms with E-state index < -0.39 is 0 Å². The average molecular weight is 656 g/mol. The van der Waals surface area contributed by atoms with E-state index in [0.717, 1.165) is 39.5 Å². The molecule has 8 aromatic rings. The summed E-state index contributed by atoms with van der Waals surface area (Å²) in [5, 5.41) is 4.82. The molecule has 1 spiro atoms. The van der Waals surface area contributed by atoms with Crippen molar-refractivity contribution in [1.29, 1.82) is 0 Å². The Bertz CT molecular complexity index is 2700. The number of hydrogen-bond donors (Lipinski definition) is 0. The fourth-order valence-corrected chi connectivity index (χ4v) is 11.3. The van der Waals surface area contributed by atoms with Crippen molar-refractivity contribution in [3.8, 4) is 22.3 Å². The molecular formula is C49H37NO. The highest BCUT2D eigenvalue weighted by molar-refractivity contribution is 6.06. The normalized spacial score (nSPS) is 23.8. The Morgan fingerprint density at radius 1 is 0.510 bits per heavy atom. The molecule has 3 saturated carbocycles. The number of anilines is 3. The molecular weight excluding hydrogens is 619 g/mol. The summed E-state index contributed by atoms with van der Waals surface area (Å²) in [4.78, 5) is 2.49. The maximum absolute atomic E-state index is 6.13. The van der Waals surface area contributed by atoms with Crippen LogP contribution >= 0.6 is 0 Å². The Morgan fingerprint density at radius 2 is 1.25 bits per heavy atom. The lowest BCUT2D eigenvalue weighted by Crippen LogP contribution is -2.58. The van der Waals surface area contributed by atoms with Crippen LogP contribution in [0.5, 0.6) is 0 Å². The highest BCUT2D eigenvalue weighted by Crippen LogP contribution is 2.80. The highest BCUT2D eigenvalue weighted by atomic mass is 16.3. The van der Waals surface area contributed by atoms with Gasteiger partial charge in [-0.2, -0.15) is 0 Å². The van der Waals surface area contributed by atoms with Crippen molar-refractivity contribution in [2.24, 2.45) is 17.3 Å². The fourth-order valence-electron chi connectivity index (χ4n) is 11.3. The first-order chi connectivity index (χ1) is 25.2. The molecule has 4 aliphatic carbocycles. The second-order valence-corrected chi connectivity index (χ2v) is 15.7. The summed E-state index contributed by atoms with van der Waals surface area (Å²) in [6, 6.07) is 56.4. The second-order valence-electron chi connectivity index (χ2n) is 15.7. The molecule has 2 heteroatoms. The molecule has 3 fully saturated rings. The first-order valence-corrected chi connectivity index (χ1v) is 18.8. The number of para-hydroxylation sites is 1. The summed E-state index contributed by atoms with van der Waals surface area (Å²) in [6.45, 7) is 0. The average Bonchev–Trinajstić information content (AvgIpc) is 3.74. The molecule has 5 unspecified atom stereocenters. The standard InChI is InChI=1S/C49H37NO/c1-2-11-39-31(8-1)9-7-14-46(39)50(36-19-16-30(17-20-36)32-18-23-48-44(25-32)42-13-5-6-15-47(42)51-48)37-21-22-41-43(28-37)40-12-4-3-10-38(40)33-24-34-26-35-27-45(41)49(34,35)29-33/h1-23,25,28,33-35,45H,24,26-27,29H2. The fraction of sp³-hybridized carbons (Fsp3) is 0.184. The van der Waals surface area contributed by atoms with E-state index in [0.29, 0.717) is 17.3 Å². The molecule has 12 rings (SSSR count). The van der Waals surface area contributed by atoms with E-state index in [1.165, 1.54) is 70.1 Å². The van der Waals surface area contributed by atoms with Crippen LogP contribution in [0, 0.1) is 17.3 Å². The molecule has 7 aromatic carbocycles. The molecule has 0 amide bonds. The smallest absolute Gasteiger partial charge is 0.135 e. The van der Waals surface area contributed by atoms with Crippen LogP contribution in [0.4, 0.5) is 17.1 Å². The quantitative estimate of drug-likeness (QED) is 0.188. The lowest BCUT2D eigenvalue weighted by molar-refractivity contribution is -0.144. The Kier molecular flexibility index (Phi) is 5.65. The Labute approximate surface area is 298 Å². The van der Waals surface area contributed by atoms with Gasteiger partial charge in [0.1, 0.15) is 11.2 Å². The van der Waals surface area contributed by atoms with E-state index in [2.05, 4.69) is 144 Å². The largest absolute Gasteiger partial charge is 0.456 e. The maximum Gasteiger partial charge on any atom is 0.135 e. The minimum absolute atomic E-state index is 0.547. The van der Waals surface area contributed by atoms with E-state index in [4.69, 9.17) is 4.42 Å². The summed E-state index contributed by atoms with van der Waals surface area (Å²) in [7, 11) is 0. The first-order valence-electron chi connectivity index (χ1n) is 18.8. The third kappa shape index (κ3) is 3.83. The molecule has 4 aliphatic rings. The van der Waals surface area contributed by atoms with E-state index >= 15 is 0 Å². The minimum Gasteiger partial charge on any atom is -0.456 e. The number of nitrogens with zero attached hydrogens (tertiary/aromatic N) is 1. The van der Waals surface area contributed by atoms with Crippen LogP contribution in [-0.2, 0) is 0 Å². The van der Waals surface area contributed by atoms with Crippen molar-refractivity contribution < 1.29 is 4.42 Å². The van der Waals surface area contributed by atoms with Crippen LogP contribution in [0.25, 0.3) is 55.0 Å². The predicted molar refractivity (Wildman–Crippen MR) is 210 cm³/mol. The molecule has 0 saturated heterocycles. The minimum atomic E-state index is 0.547. The number of furan rings is 1. The van der Waals surface area contributed by atoms with E-state index in [1.54, 1.807) is 11.1 Å². The number of benzene rings is 7. The van der Waals surface area contributed by atoms with Gasteiger partial charge >= 0.3 is 0 Å². The van der Waals surface area contributed by atoms with Crippen LogP contribution in [0.2, 0.25) is 0 Å². The second kappa shape index (κ2) is 10.2. The van der Waals surface area contributed by atoms with Crippen molar-refractivity contribution in [3.63, 3.8) is 0 Å². The monoisotopic (exact) mass is 655 g/mol. The Hall–Kier alpha value is -5.60. The van der Waals surface area contributed by atoms with Crippen molar-refractivity contribution >= 4 is 49.8 Å². The predicted octanol–water partition coefficient (Wildman–Crippen LogP) is 13.5. The summed E-state index contributed by atoms with van der Waals surface area (Å²) < 4.78 is 6.13. The van der Waals surface area contributed by atoms with Crippen LogP contribution < -0.4 is 4.90 Å². The van der Waals surface area contributed by atoms with Gasteiger partial charge in [-0.05, 0) is 142 Å². The van der Waals surface area contributed by atoms with Gasteiger partial charge in [0.15, 0.2) is 0 Å². The third-order valence-corrected chi connectivity index (χ3v) is 13.6. The summed E-state index contributed by atoms with van der Waals surface area (Å²) in [5.41, 5.74) is 14.4. The molecule has 0 aliphatic heterocycles. The van der Waals surface area contributed by atoms with Crippen LogP contribution in [0.3, 0.4) is 0 Å². The van der Waals surface area contributed by atoms with Gasteiger partial charge in [-0.25, -0.2) is 0 Å². The first kappa shape index (κ1) is 28.1. The number of fused-ring (bicyclic) bond motifs is 10. The molecule has 1 heterocycles. The molecule has 51 heavy (non-hydrogen) atoms. The van der Waals surface area contributed by atoms with E-state index in [1.807, 2.05) is 12.1 Å². The van der Waals surface area contributed by atoms with Crippen molar-refractivity contribution in [2.75, 3.05) is 4.90 Å². The zero-order chi connectivity index (χ0) is 33.3. The van der Waals surface area contributed by atoms with E-state index in [-0.39, 0.29) is 0 Å². The number of rotatable bonds is 4.